The van der Waals surface area contributed by atoms with Crippen LogP contribution in [-0.4, -0.2) is 18.7 Å². The van der Waals surface area contributed by atoms with E-state index in [-0.39, 0.29) is 12.5 Å². The molecular weight excluding hydrogens is 410 g/mol. The number of halogens is 2. The summed E-state index contributed by atoms with van der Waals surface area (Å²) in [5.41, 5.74) is 5.44. The second-order valence-corrected chi connectivity index (χ2v) is 6.43. The van der Waals surface area contributed by atoms with E-state index in [0.29, 0.717) is 0 Å². The molecule has 0 fully saturated rings. The summed E-state index contributed by atoms with van der Waals surface area (Å²) in [6.45, 7) is 2.18. The minimum Gasteiger partial charge on any atom is -0.376 e. The van der Waals surface area contributed by atoms with Crippen molar-refractivity contribution in [3.05, 3.63) is 62.5 Å². The predicted molar refractivity (Wildman–Crippen MR) is 97.2 cm³/mol. The molecule has 2 aromatic rings. The Hall–Kier alpha value is -1.66. The Bertz CT molecular complexity index is 684. The van der Waals surface area contributed by atoms with Crippen LogP contribution in [0.3, 0.4) is 0 Å². The zero-order chi connectivity index (χ0) is 15.9. The first-order valence-electron chi connectivity index (χ1n) is 6.62. The predicted octanol–water partition coefficient (Wildman–Crippen LogP) is 4.08. The van der Waals surface area contributed by atoms with Crippen LogP contribution in [0.15, 0.2) is 56.5 Å². The van der Waals surface area contributed by atoms with Crippen molar-refractivity contribution in [2.24, 2.45) is 5.10 Å². The minimum atomic E-state index is -0.203. The summed E-state index contributed by atoms with van der Waals surface area (Å²) < 4.78 is 2.01. The minimum absolute atomic E-state index is 0.163. The van der Waals surface area contributed by atoms with Crippen molar-refractivity contribution in [2.45, 2.75) is 6.92 Å². The van der Waals surface area contributed by atoms with Crippen LogP contribution in [0.5, 0.6) is 0 Å². The Morgan fingerprint density at radius 3 is 2.59 bits per heavy atom. The van der Waals surface area contributed by atoms with Gasteiger partial charge in [0.15, 0.2) is 0 Å². The number of nitrogens with one attached hydrogen (secondary N) is 2. The van der Waals surface area contributed by atoms with Gasteiger partial charge in [-0.2, -0.15) is 5.10 Å². The van der Waals surface area contributed by atoms with Gasteiger partial charge in [0.2, 0.25) is 0 Å². The molecule has 0 aliphatic carbocycles. The Balaban J connectivity index is 1.80. The number of hydrogen-bond acceptors (Lipinski definition) is 3. The van der Waals surface area contributed by atoms with Crippen LogP contribution in [0, 0.1) is 6.92 Å². The van der Waals surface area contributed by atoms with Crippen molar-refractivity contribution >= 4 is 49.7 Å². The Labute approximate surface area is 146 Å². The van der Waals surface area contributed by atoms with Crippen LogP contribution in [0.2, 0.25) is 0 Å². The van der Waals surface area contributed by atoms with Crippen LogP contribution >= 0.6 is 31.9 Å². The summed E-state index contributed by atoms with van der Waals surface area (Å²) in [6.07, 6.45) is 1.61. The average molecular weight is 425 g/mol. The molecule has 0 aliphatic heterocycles. The molecule has 0 heterocycles. The van der Waals surface area contributed by atoms with Gasteiger partial charge in [0.1, 0.15) is 0 Å². The van der Waals surface area contributed by atoms with Gasteiger partial charge in [-0.25, -0.2) is 5.43 Å². The van der Waals surface area contributed by atoms with Crippen molar-refractivity contribution in [1.82, 2.24) is 5.43 Å². The summed E-state index contributed by atoms with van der Waals surface area (Å²) in [5, 5.41) is 6.97. The first kappa shape index (κ1) is 16.7. The standard InChI is InChI=1S/C16H15Br2N3O/c1-11-2-3-12(8-15(11)18)9-20-21-16(22)10-19-14-6-4-13(17)5-7-14/h2-9,19H,10H2,1H3,(H,21,22)/b20-9-. The average Bonchev–Trinajstić information content (AvgIpc) is 2.50. The molecule has 2 rings (SSSR count). The summed E-state index contributed by atoms with van der Waals surface area (Å²) in [4.78, 5) is 11.7. The number of rotatable bonds is 5. The van der Waals surface area contributed by atoms with E-state index >= 15 is 0 Å². The van der Waals surface area contributed by atoms with Gasteiger partial charge in [-0.15, -0.1) is 0 Å². The Morgan fingerprint density at radius 1 is 1.18 bits per heavy atom. The monoisotopic (exact) mass is 423 g/mol. The van der Waals surface area contributed by atoms with E-state index in [4.69, 9.17) is 0 Å². The van der Waals surface area contributed by atoms with Crippen LogP contribution in [0.1, 0.15) is 11.1 Å². The normalized spacial score (nSPS) is 10.7. The lowest BCUT2D eigenvalue weighted by Crippen LogP contribution is -2.25. The lowest BCUT2D eigenvalue weighted by molar-refractivity contribution is -0.119. The molecule has 0 saturated carbocycles. The highest BCUT2D eigenvalue weighted by atomic mass is 79.9. The lowest BCUT2D eigenvalue weighted by atomic mass is 10.2. The molecule has 0 spiro atoms. The van der Waals surface area contributed by atoms with Gasteiger partial charge in [-0.05, 0) is 48.4 Å². The number of nitrogens with zero attached hydrogens (tertiary/aromatic N) is 1. The van der Waals surface area contributed by atoms with E-state index in [1.807, 2.05) is 49.4 Å². The zero-order valence-electron chi connectivity index (χ0n) is 11.9. The molecule has 114 valence electrons. The molecule has 0 bridgehead atoms. The molecular formula is C16H15Br2N3O. The largest absolute Gasteiger partial charge is 0.376 e. The number of carbonyl (C=O) groups excluding carboxylic acids is 1. The summed E-state index contributed by atoms with van der Waals surface area (Å²) in [5.74, 6) is -0.203. The quantitative estimate of drug-likeness (QED) is 0.561. The molecule has 6 heteroatoms. The lowest BCUT2D eigenvalue weighted by Gasteiger charge is -2.05. The fourth-order valence-electron chi connectivity index (χ4n) is 1.66. The SMILES string of the molecule is Cc1ccc(/C=N\NC(=O)CNc2ccc(Br)cc2)cc1Br. The molecule has 0 radical (unpaired) electrons. The number of benzene rings is 2. The molecule has 0 atom stereocenters. The van der Waals surface area contributed by atoms with Gasteiger partial charge in [0.25, 0.3) is 5.91 Å². The third kappa shape index (κ3) is 5.27. The highest BCUT2D eigenvalue weighted by Gasteiger charge is 2.00. The van der Waals surface area contributed by atoms with Crippen LogP contribution in [0.4, 0.5) is 5.69 Å². The van der Waals surface area contributed by atoms with Gasteiger partial charge in [0, 0.05) is 14.6 Å². The third-order valence-electron chi connectivity index (χ3n) is 2.90. The van der Waals surface area contributed by atoms with E-state index in [0.717, 1.165) is 25.8 Å². The third-order valence-corrected chi connectivity index (χ3v) is 4.28. The maximum Gasteiger partial charge on any atom is 0.259 e. The number of carbonyl (C=O) groups is 1. The van der Waals surface area contributed by atoms with Gasteiger partial charge in [-0.3, -0.25) is 4.79 Å². The number of hydrazone groups is 1. The van der Waals surface area contributed by atoms with Crippen molar-refractivity contribution in [1.29, 1.82) is 0 Å². The second kappa shape index (κ2) is 8.10. The van der Waals surface area contributed by atoms with Crippen LogP contribution < -0.4 is 10.7 Å². The number of aryl methyl sites for hydroxylation is 1. The molecule has 0 saturated heterocycles. The van der Waals surface area contributed by atoms with Crippen LogP contribution in [0.25, 0.3) is 0 Å². The Morgan fingerprint density at radius 2 is 1.91 bits per heavy atom. The summed E-state index contributed by atoms with van der Waals surface area (Å²) in [6, 6.07) is 13.5. The van der Waals surface area contributed by atoms with E-state index in [1.165, 1.54) is 0 Å². The smallest absolute Gasteiger partial charge is 0.259 e. The van der Waals surface area contributed by atoms with Crippen molar-refractivity contribution in [3.63, 3.8) is 0 Å². The van der Waals surface area contributed by atoms with E-state index < -0.39 is 0 Å². The van der Waals surface area contributed by atoms with E-state index in [9.17, 15) is 4.79 Å². The molecule has 0 unspecified atom stereocenters. The topological polar surface area (TPSA) is 53.5 Å². The summed E-state index contributed by atoms with van der Waals surface area (Å²) >= 11 is 6.82. The zero-order valence-corrected chi connectivity index (χ0v) is 15.1. The van der Waals surface area contributed by atoms with Gasteiger partial charge in [0.05, 0.1) is 12.8 Å². The van der Waals surface area contributed by atoms with Gasteiger partial charge >= 0.3 is 0 Å². The first-order chi connectivity index (χ1) is 10.5. The number of hydrogen-bond donors (Lipinski definition) is 2. The van der Waals surface area contributed by atoms with E-state index in [1.54, 1.807) is 6.21 Å². The fraction of sp³-hybridized carbons (Fsp3) is 0.125. The van der Waals surface area contributed by atoms with E-state index in [2.05, 4.69) is 47.7 Å². The maximum atomic E-state index is 11.7. The fourth-order valence-corrected chi connectivity index (χ4v) is 2.32. The highest BCUT2D eigenvalue weighted by molar-refractivity contribution is 9.10. The Kier molecular flexibility index (Phi) is 6.15. The number of anilines is 1. The summed E-state index contributed by atoms with van der Waals surface area (Å²) in [7, 11) is 0. The number of amides is 1. The van der Waals surface area contributed by atoms with Crippen LogP contribution in [-0.2, 0) is 4.79 Å². The highest BCUT2D eigenvalue weighted by Crippen LogP contribution is 2.16. The van der Waals surface area contributed by atoms with Gasteiger partial charge < -0.3 is 5.32 Å². The van der Waals surface area contributed by atoms with Crippen molar-refractivity contribution in [2.75, 3.05) is 11.9 Å². The first-order valence-corrected chi connectivity index (χ1v) is 8.21. The van der Waals surface area contributed by atoms with Crippen molar-refractivity contribution < 1.29 is 4.79 Å². The maximum absolute atomic E-state index is 11.7. The molecule has 2 N–H and O–H groups in total. The van der Waals surface area contributed by atoms with Crippen molar-refractivity contribution in [3.8, 4) is 0 Å². The molecule has 1 amide bonds. The molecule has 2 aromatic carbocycles. The molecule has 22 heavy (non-hydrogen) atoms. The van der Waals surface area contributed by atoms with Gasteiger partial charge in [-0.1, -0.05) is 44.0 Å². The second-order valence-electron chi connectivity index (χ2n) is 4.66. The molecule has 4 nitrogen and oxygen atoms in total. The molecule has 0 aliphatic rings. The molecule has 0 aromatic heterocycles.